The first-order valence-electron chi connectivity index (χ1n) is 6.22. The van der Waals surface area contributed by atoms with Crippen molar-refractivity contribution in [2.24, 2.45) is 0 Å². The first-order chi connectivity index (χ1) is 9.59. The van der Waals surface area contributed by atoms with Crippen LogP contribution in [0.25, 0.3) is 0 Å². The molecule has 1 aromatic heterocycles. The third-order valence-electron chi connectivity index (χ3n) is 3.37. The number of hydrogen-bond donors (Lipinski definition) is 1. The smallest absolute Gasteiger partial charge is 0.226 e. The maximum atomic E-state index is 14.1. The number of aromatic nitrogens is 3. The number of carbonyl (C=O) groups is 1. The second kappa shape index (κ2) is 4.56. The minimum absolute atomic E-state index is 0.121. The van der Waals surface area contributed by atoms with Gasteiger partial charge in [0.25, 0.3) is 0 Å². The van der Waals surface area contributed by atoms with Crippen molar-refractivity contribution in [1.82, 2.24) is 14.8 Å². The van der Waals surface area contributed by atoms with E-state index in [2.05, 4.69) is 15.4 Å². The number of halogens is 1. The van der Waals surface area contributed by atoms with Gasteiger partial charge in [0.15, 0.2) is 5.78 Å². The maximum Gasteiger partial charge on any atom is 0.226 e. The van der Waals surface area contributed by atoms with E-state index in [1.54, 1.807) is 25.1 Å². The molecule has 1 atom stereocenters. The van der Waals surface area contributed by atoms with Gasteiger partial charge in [-0.2, -0.15) is 10.1 Å². The molecule has 1 aliphatic rings. The number of fused-ring (bicyclic) bond motifs is 1. The van der Waals surface area contributed by atoms with Crippen LogP contribution in [0.1, 0.15) is 25.5 Å². The second-order valence-corrected chi connectivity index (χ2v) is 4.67. The Morgan fingerprint density at radius 2 is 2.15 bits per heavy atom. The van der Waals surface area contributed by atoms with Crippen LogP contribution in [-0.2, 0) is 4.79 Å². The number of nitrogens with zero attached hydrogens (tertiary/aromatic N) is 3. The number of anilines is 1. The van der Waals surface area contributed by atoms with Crippen molar-refractivity contribution in [2.45, 2.75) is 19.9 Å². The number of ketones is 1. The third-order valence-corrected chi connectivity index (χ3v) is 3.37. The maximum absolute atomic E-state index is 14.1. The molecule has 20 heavy (non-hydrogen) atoms. The van der Waals surface area contributed by atoms with Crippen LogP contribution in [0.3, 0.4) is 0 Å². The molecule has 1 aromatic carbocycles. The van der Waals surface area contributed by atoms with E-state index in [-0.39, 0.29) is 11.6 Å². The molecular formula is C14H13FN4O. The zero-order chi connectivity index (χ0) is 14.3. The van der Waals surface area contributed by atoms with Gasteiger partial charge < -0.3 is 5.32 Å². The van der Waals surface area contributed by atoms with Crippen LogP contribution in [0.15, 0.2) is 41.9 Å². The minimum Gasteiger partial charge on any atom is -0.328 e. The molecule has 0 saturated heterocycles. The highest BCUT2D eigenvalue weighted by molar-refractivity contribution is 5.96. The van der Waals surface area contributed by atoms with E-state index in [9.17, 15) is 9.18 Å². The number of nitrogens with one attached hydrogen (secondary N) is 1. The number of Topliss-reactive ketones (excluding diaryl/α,β-unsaturated/α-hetero) is 1. The molecule has 0 radical (unpaired) electrons. The van der Waals surface area contributed by atoms with E-state index in [1.165, 1.54) is 24.0 Å². The molecule has 3 rings (SSSR count). The molecule has 1 aliphatic heterocycles. The van der Waals surface area contributed by atoms with Crippen LogP contribution in [0, 0.1) is 5.82 Å². The van der Waals surface area contributed by atoms with E-state index in [0.717, 1.165) is 0 Å². The molecule has 0 unspecified atom stereocenters. The molecule has 6 heteroatoms. The highest BCUT2D eigenvalue weighted by atomic mass is 19.1. The topological polar surface area (TPSA) is 59.8 Å². The molecule has 1 N–H and O–H groups in total. The van der Waals surface area contributed by atoms with E-state index in [4.69, 9.17) is 0 Å². The Balaban J connectivity index is 2.25. The lowest BCUT2D eigenvalue weighted by Crippen LogP contribution is -2.28. The molecule has 0 aliphatic carbocycles. The van der Waals surface area contributed by atoms with Crippen molar-refractivity contribution in [2.75, 3.05) is 5.32 Å². The Bertz CT molecular complexity index is 719. The summed E-state index contributed by atoms with van der Waals surface area (Å²) in [4.78, 5) is 16.0. The summed E-state index contributed by atoms with van der Waals surface area (Å²) in [7, 11) is 0. The lowest BCUT2D eigenvalue weighted by molar-refractivity contribution is -0.114. The molecule has 0 bridgehead atoms. The zero-order valence-electron chi connectivity index (χ0n) is 11.1. The summed E-state index contributed by atoms with van der Waals surface area (Å²) >= 11 is 0. The Labute approximate surface area is 115 Å². The van der Waals surface area contributed by atoms with Crippen molar-refractivity contribution < 1.29 is 9.18 Å². The normalized spacial score (nSPS) is 17.6. The van der Waals surface area contributed by atoms with Crippen molar-refractivity contribution in [3.63, 3.8) is 0 Å². The Hall–Kier alpha value is -2.50. The zero-order valence-corrected chi connectivity index (χ0v) is 11.1. The number of rotatable bonds is 2. The fraction of sp³-hybridized carbons (Fsp3) is 0.214. The van der Waals surface area contributed by atoms with Gasteiger partial charge in [-0.25, -0.2) is 9.07 Å². The lowest BCUT2D eigenvalue weighted by atomic mass is 9.93. The van der Waals surface area contributed by atoms with Crippen molar-refractivity contribution in [1.29, 1.82) is 0 Å². The second-order valence-electron chi connectivity index (χ2n) is 4.67. The quantitative estimate of drug-likeness (QED) is 0.911. The molecule has 0 spiro atoms. The van der Waals surface area contributed by atoms with E-state index < -0.39 is 6.04 Å². The molecule has 0 saturated carbocycles. The Morgan fingerprint density at radius 1 is 1.40 bits per heavy atom. The van der Waals surface area contributed by atoms with Gasteiger partial charge in [0.1, 0.15) is 18.2 Å². The van der Waals surface area contributed by atoms with Gasteiger partial charge in [-0.05, 0) is 19.9 Å². The van der Waals surface area contributed by atoms with Gasteiger partial charge in [-0.1, -0.05) is 18.2 Å². The number of benzene rings is 1. The predicted molar refractivity (Wildman–Crippen MR) is 71.6 cm³/mol. The molecule has 2 heterocycles. The van der Waals surface area contributed by atoms with Crippen molar-refractivity contribution in [3.8, 4) is 0 Å². The van der Waals surface area contributed by atoms with Crippen LogP contribution >= 0.6 is 0 Å². The first kappa shape index (κ1) is 12.5. The number of carbonyl (C=O) groups excluding carboxylic acids is 1. The number of allylic oxidation sites excluding steroid dienone is 2. The van der Waals surface area contributed by atoms with Crippen molar-refractivity contribution >= 4 is 11.7 Å². The molecule has 102 valence electrons. The van der Waals surface area contributed by atoms with Crippen LogP contribution in [0.5, 0.6) is 0 Å². The minimum atomic E-state index is -0.590. The van der Waals surface area contributed by atoms with E-state index in [0.29, 0.717) is 22.8 Å². The first-order valence-corrected chi connectivity index (χ1v) is 6.22. The van der Waals surface area contributed by atoms with E-state index >= 15 is 0 Å². The number of hydrogen-bond acceptors (Lipinski definition) is 4. The Kier molecular flexibility index (Phi) is 2.85. The monoisotopic (exact) mass is 272 g/mol. The van der Waals surface area contributed by atoms with Gasteiger partial charge in [-0.15, -0.1) is 0 Å². The molecule has 0 fully saturated rings. The summed E-state index contributed by atoms with van der Waals surface area (Å²) in [5.41, 5.74) is 1.57. The summed E-state index contributed by atoms with van der Waals surface area (Å²) in [6.45, 7) is 3.25. The largest absolute Gasteiger partial charge is 0.328 e. The summed E-state index contributed by atoms with van der Waals surface area (Å²) < 4.78 is 15.7. The van der Waals surface area contributed by atoms with Crippen LogP contribution < -0.4 is 5.32 Å². The van der Waals surface area contributed by atoms with Crippen molar-refractivity contribution in [3.05, 3.63) is 53.2 Å². The molecule has 0 amide bonds. The van der Waals surface area contributed by atoms with Crippen LogP contribution in [0.2, 0.25) is 0 Å². The standard InChI is InChI=1S/C14H13FN4O/c1-8-12(9(2)20)13(10-5-3-4-6-11(10)15)19-14(18-8)16-7-17-19/h3-7,13H,1-2H3,(H,16,17,18)/t13-/m1/s1. The van der Waals surface area contributed by atoms with Crippen LogP contribution in [0.4, 0.5) is 10.3 Å². The highest BCUT2D eigenvalue weighted by Gasteiger charge is 2.32. The summed E-state index contributed by atoms with van der Waals surface area (Å²) in [5.74, 6) is 0.0116. The molecule has 5 nitrogen and oxygen atoms in total. The van der Waals surface area contributed by atoms with Gasteiger partial charge in [0.2, 0.25) is 5.95 Å². The Morgan fingerprint density at radius 3 is 2.85 bits per heavy atom. The molecule has 2 aromatic rings. The van der Waals surface area contributed by atoms with Crippen LogP contribution in [-0.4, -0.2) is 20.5 Å². The molecular weight excluding hydrogens is 259 g/mol. The van der Waals surface area contributed by atoms with Gasteiger partial charge in [-0.3, -0.25) is 4.79 Å². The fourth-order valence-corrected chi connectivity index (χ4v) is 2.53. The van der Waals surface area contributed by atoms with Gasteiger partial charge >= 0.3 is 0 Å². The average Bonchev–Trinajstić information content (AvgIpc) is 2.85. The van der Waals surface area contributed by atoms with E-state index in [1.807, 2.05) is 0 Å². The summed E-state index contributed by atoms with van der Waals surface area (Å²) in [6.07, 6.45) is 1.38. The fourth-order valence-electron chi connectivity index (χ4n) is 2.53. The van der Waals surface area contributed by atoms with Gasteiger partial charge in [0, 0.05) is 16.8 Å². The summed E-state index contributed by atoms with van der Waals surface area (Å²) in [6, 6.07) is 5.80. The third kappa shape index (κ3) is 1.80. The SMILES string of the molecule is CC(=O)C1=C(C)Nc2ncnn2[C@@H]1c1ccccc1F. The average molecular weight is 272 g/mol. The highest BCUT2D eigenvalue weighted by Crippen LogP contribution is 2.35. The van der Waals surface area contributed by atoms with Gasteiger partial charge in [0.05, 0.1) is 0 Å². The summed E-state index contributed by atoms with van der Waals surface area (Å²) in [5, 5.41) is 7.13. The lowest BCUT2D eigenvalue weighted by Gasteiger charge is -2.28. The predicted octanol–water partition coefficient (Wildman–Crippen LogP) is 2.30.